The minimum absolute atomic E-state index is 0. The van der Waals surface area contributed by atoms with Gasteiger partial charge in [-0.05, 0) is 31.1 Å². The summed E-state index contributed by atoms with van der Waals surface area (Å²) in [5.74, 6) is 0.703. The van der Waals surface area contributed by atoms with E-state index in [4.69, 9.17) is 9.41 Å². The molecule has 2 aromatic carbocycles. The second-order valence-corrected chi connectivity index (χ2v) is 10.9. The van der Waals surface area contributed by atoms with Crippen LogP contribution in [0.4, 0.5) is 0 Å². The fourth-order valence-corrected chi connectivity index (χ4v) is 3.57. The normalized spacial score (nSPS) is 10.8. The first-order chi connectivity index (χ1) is 10.5. The summed E-state index contributed by atoms with van der Waals surface area (Å²) in [6.45, 7) is 6.50. The molecule has 3 nitrogen and oxygen atoms in total. The van der Waals surface area contributed by atoms with E-state index in [0.717, 1.165) is 16.6 Å². The number of benzene rings is 2. The first kappa shape index (κ1) is 22.5. The van der Waals surface area contributed by atoms with E-state index < -0.39 is 8.32 Å². The Kier molecular flexibility index (Phi) is 7.55. The van der Waals surface area contributed by atoms with Crippen molar-refractivity contribution in [3.8, 4) is 5.88 Å². The molecule has 6 heteroatoms. The zero-order chi connectivity index (χ0) is 15.3. The van der Waals surface area contributed by atoms with Gasteiger partial charge in [-0.15, -0.1) is 29.7 Å². The van der Waals surface area contributed by atoms with Crippen LogP contribution < -0.4 is 4.43 Å². The molecule has 25 heavy (non-hydrogen) atoms. The number of imidazole rings is 1. The number of nitrogens with zero attached hydrogens (tertiary/aromatic N) is 2. The van der Waals surface area contributed by atoms with Crippen molar-refractivity contribution in [2.24, 2.45) is 0 Å². The number of aromatic nitrogens is 2. The van der Waals surface area contributed by atoms with Gasteiger partial charge in [-0.1, -0.05) is 23.6 Å². The Bertz CT molecular complexity index is 938. The summed E-state index contributed by atoms with van der Waals surface area (Å²) in [4.78, 5) is 4.72. The van der Waals surface area contributed by atoms with E-state index >= 15 is 0 Å². The molecule has 0 N–H and O–H groups in total. The van der Waals surface area contributed by atoms with Crippen LogP contribution >= 0.6 is 0 Å². The van der Waals surface area contributed by atoms with Crippen molar-refractivity contribution in [2.75, 3.05) is 0 Å². The van der Waals surface area contributed by atoms with Crippen LogP contribution in [0.1, 0.15) is 0 Å². The first-order valence-corrected chi connectivity index (χ1v) is 10.8. The fraction of sp³-hybridized carbons (Fsp3) is 0.158. The summed E-state index contributed by atoms with van der Waals surface area (Å²) in [5, 5.41) is 3.42. The first-order valence-electron chi connectivity index (χ1n) is 7.42. The molecule has 0 saturated carbocycles. The minimum Gasteiger partial charge on any atom is -0.531 e. The van der Waals surface area contributed by atoms with Crippen molar-refractivity contribution in [3.05, 3.63) is 62.2 Å². The van der Waals surface area contributed by atoms with Crippen LogP contribution in [0, 0.1) is 13.5 Å². The number of fused-ring (bicyclic) bond motifs is 6. The van der Waals surface area contributed by atoms with Gasteiger partial charge in [0, 0.05) is 58.3 Å². The van der Waals surface area contributed by atoms with Gasteiger partial charge >= 0.3 is 0 Å². The zero-order valence-electron chi connectivity index (χ0n) is 14.8. The topological polar surface area (TPSA) is 26.5 Å². The van der Waals surface area contributed by atoms with E-state index in [1.54, 1.807) is 0 Å². The molecule has 4 aromatic rings. The summed E-state index contributed by atoms with van der Waals surface area (Å²) in [6, 6.07) is 17.8. The van der Waals surface area contributed by atoms with Gasteiger partial charge in [-0.2, -0.15) is 0 Å². The van der Waals surface area contributed by atoms with Crippen molar-refractivity contribution in [2.45, 2.75) is 19.6 Å². The third kappa shape index (κ3) is 4.23. The maximum Gasteiger partial charge on any atom is 0.244 e. The molecule has 4 rings (SSSR count). The summed E-state index contributed by atoms with van der Waals surface area (Å²) in [6.07, 6.45) is 2.00. The van der Waals surface area contributed by atoms with Crippen LogP contribution in [-0.4, -0.2) is 17.7 Å². The maximum absolute atomic E-state index is 6.08. The van der Waals surface area contributed by atoms with Crippen LogP contribution in [0.5, 0.6) is 5.88 Å². The molecule has 0 spiro atoms. The van der Waals surface area contributed by atoms with Gasteiger partial charge in [0.2, 0.25) is 14.2 Å². The zero-order valence-corrected chi connectivity index (χ0v) is 21.1. The minimum atomic E-state index is -1.68. The van der Waals surface area contributed by atoms with Crippen LogP contribution in [0.3, 0.4) is 0 Å². The van der Waals surface area contributed by atoms with E-state index in [1.165, 1.54) is 10.8 Å². The predicted octanol–water partition coefficient (Wildman–Crippen LogP) is 5.10. The molecular weight excluding hydrogens is 581 g/mol. The number of hydrogen-bond donors (Lipinski definition) is 0. The molecule has 0 aliphatic carbocycles. The molecule has 2 radical (unpaired) electrons. The van der Waals surface area contributed by atoms with Gasteiger partial charge in [0.05, 0.1) is 11.8 Å². The van der Waals surface area contributed by atoms with Gasteiger partial charge in [0.1, 0.15) is 0 Å². The fourth-order valence-electron chi connectivity index (χ4n) is 2.84. The van der Waals surface area contributed by atoms with Crippen LogP contribution in [-0.2, 0) is 52.8 Å². The molecule has 0 fully saturated rings. The number of para-hydroxylation sites is 1. The average Bonchev–Trinajstić information content (AvgIpc) is 2.89. The Hall–Kier alpha value is -0.580. The molecule has 0 aliphatic rings. The molecule has 0 saturated heterocycles. The largest absolute Gasteiger partial charge is 0.531 e. The molecule has 0 aliphatic heterocycles. The van der Waals surface area contributed by atoms with E-state index in [2.05, 4.69) is 60.4 Å². The van der Waals surface area contributed by atoms with E-state index in [-0.39, 0.29) is 60.2 Å². The van der Waals surface area contributed by atoms with Crippen molar-refractivity contribution < 1.29 is 57.2 Å². The SMILES string of the molecule is C[Si](C)(C)Oc1cn2c3ccccc3c3ccc[c-]c3c2n1.[CH3-].[Ir].[Y]. The monoisotopic (exact) mass is 602 g/mol. The van der Waals surface area contributed by atoms with Crippen LogP contribution in [0.15, 0.2) is 48.7 Å². The Balaban J connectivity index is 0.00000104. The van der Waals surface area contributed by atoms with Crippen molar-refractivity contribution in [1.82, 2.24) is 9.38 Å². The van der Waals surface area contributed by atoms with E-state index in [9.17, 15) is 0 Å². The van der Waals surface area contributed by atoms with Gasteiger partial charge in [0.15, 0.2) is 0 Å². The Labute approximate surface area is 188 Å². The number of hydrogen-bond acceptors (Lipinski definition) is 2. The second-order valence-electron chi connectivity index (χ2n) is 6.46. The third-order valence-electron chi connectivity index (χ3n) is 3.63. The molecule has 130 valence electrons. The Morgan fingerprint density at radius 1 is 1.04 bits per heavy atom. The molecule has 0 bridgehead atoms. The molecule has 0 unspecified atom stereocenters. The summed E-state index contributed by atoms with van der Waals surface area (Å²) in [5.41, 5.74) is 2.05. The molecule has 0 atom stereocenters. The van der Waals surface area contributed by atoms with E-state index in [1.807, 2.05) is 18.3 Å². The standard InChI is InChI=1S/C18H17N2OSi.CH3.Ir.Y/c1-22(2,3)21-17-12-20-16-11-7-6-9-14(16)13-8-4-5-10-15(13)18(20)19-17;;;/h4-9,11-12H,1-3H3;1H3;;/q2*-1;;. The van der Waals surface area contributed by atoms with Gasteiger partial charge in [-0.3, -0.25) is 0 Å². The third-order valence-corrected chi connectivity index (χ3v) is 4.45. The second kappa shape index (κ2) is 8.41. The molecule has 2 heterocycles. The maximum atomic E-state index is 6.08. The Morgan fingerprint density at radius 2 is 1.72 bits per heavy atom. The van der Waals surface area contributed by atoms with Gasteiger partial charge in [0.25, 0.3) is 0 Å². The average molecular weight is 602 g/mol. The summed E-state index contributed by atoms with van der Waals surface area (Å²) >= 11 is 0. The quantitative estimate of drug-likeness (QED) is 0.182. The molecule has 0 amide bonds. The summed E-state index contributed by atoms with van der Waals surface area (Å²) in [7, 11) is -1.68. The predicted molar refractivity (Wildman–Crippen MR) is 99.4 cm³/mol. The van der Waals surface area contributed by atoms with Gasteiger partial charge in [-0.25, -0.2) is 4.98 Å². The summed E-state index contributed by atoms with van der Waals surface area (Å²) < 4.78 is 8.19. The molecular formula is C19H20IrN2OSiY-2. The van der Waals surface area contributed by atoms with Gasteiger partial charge < -0.3 is 16.3 Å². The van der Waals surface area contributed by atoms with E-state index in [0.29, 0.717) is 5.88 Å². The van der Waals surface area contributed by atoms with Crippen molar-refractivity contribution in [3.63, 3.8) is 0 Å². The van der Waals surface area contributed by atoms with Crippen molar-refractivity contribution in [1.29, 1.82) is 0 Å². The molecule has 2 aromatic heterocycles. The van der Waals surface area contributed by atoms with Crippen molar-refractivity contribution >= 4 is 35.6 Å². The van der Waals surface area contributed by atoms with Crippen LogP contribution in [0.2, 0.25) is 19.6 Å². The Morgan fingerprint density at radius 3 is 2.44 bits per heavy atom. The van der Waals surface area contributed by atoms with Crippen LogP contribution in [0.25, 0.3) is 27.3 Å². The number of rotatable bonds is 2. The smallest absolute Gasteiger partial charge is 0.244 e. The number of pyridine rings is 1.